The Balaban J connectivity index is 2.35. The quantitative estimate of drug-likeness (QED) is 0.279. The Kier molecular flexibility index (Phi) is 6.21. The van der Waals surface area contributed by atoms with Gasteiger partial charge < -0.3 is 18.9 Å². The number of methoxy groups -OCH3 is 1. The van der Waals surface area contributed by atoms with Crippen LogP contribution in [0, 0.1) is 0 Å². The third-order valence-corrected chi connectivity index (χ3v) is 5.78. The number of nitrogens with zero attached hydrogens (tertiary/aromatic N) is 1. The van der Waals surface area contributed by atoms with Gasteiger partial charge in [0.05, 0.1) is 12.4 Å². The molecule has 0 saturated carbocycles. The van der Waals surface area contributed by atoms with Gasteiger partial charge in [-0.05, 0) is 6.92 Å². The van der Waals surface area contributed by atoms with Crippen LogP contribution in [0.25, 0.3) is 0 Å². The van der Waals surface area contributed by atoms with Gasteiger partial charge in [0.2, 0.25) is 0 Å². The van der Waals surface area contributed by atoms with Crippen molar-refractivity contribution in [2.75, 3.05) is 32.7 Å². The third kappa shape index (κ3) is 4.11. The summed E-state index contributed by atoms with van der Waals surface area (Å²) in [5.41, 5.74) is -0.503. The summed E-state index contributed by atoms with van der Waals surface area (Å²) >= 11 is 0. The van der Waals surface area contributed by atoms with Crippen LogP contribution in [-0.2, 0) is 48.0 Å². The van der Waals surface area contributed by atoms with E-state index in [0.717, 1.165) is 11.8 Å². The van der Waals surface area contributed by atoms with Crippen molar-refractivity contribution in [1.82, 2.24) is 4.90 Å². The average molecular weight is 405 g/mol. The molecule has 2 heterocycles. The summed E-state index contributed by atoms with van der Waals surface area (Å²) in [7, 11) is -2.72. The monoisotopic (exact) mass is 405 g/mol. The average Bonchev–Trinajstić information content (AvgIpc) is 2.58. The van der Waals surface area contributed by atoms with Crippen LogP contribution >= 0.6 is 0 Å². The molecule has 0 aromatic heterocycles. The molecule has 12 heteroatoms. The van der Waals surface area contributed by atoms with Crippen molar-refractivity contribution >= 4 is 33.7 Å². The molecule has 27 heavy (non-hydrogen) atoms. The van der Waals surface area contributed by atoms with E-state index in [1.807, 2.05) is 0 Å². The topological polar surface area (TPSA) is 143 Å². The second kappa shape index (κ2) is 8.05. The molecule has 0 radical (unpaired) electrons. The van der Waals surface area contributed by atoms with Crippen molar-refractivity contribution in [3.05, 3.63) is 11.3 Å². The van der Waals surface area contributed by atoms with Gasteiger partial charge in [-0.25, -0.2) is 18.0 Å². The van der Waals surface area contributed by atoms with Crippen LogP contribution in [0.5, 0.6) is 0 Å². The summed E-state index contributed by atoms with van der Waals surface area (Å²) in [5.74, 6) is -4.00. The first-order valence-corrected chi connectivity index (χ1v) is 9.61. The lowest BCUT2D eigenvalue weighted by Crippen LogP contribution is -2.70. The summed E-state index contributed by atoms with van der Waals surface area (Å²) in [6.07, 6.45) is -1.25. The van der Waals surface area contributed by atoms with Gasteiger partial charge >= 0.3 is 17.9 Å². The van der Waals surface area contributed by atoms with Crippen molar-refractivity contribution in [2.24, 2.45) is 0 Å². The van der Waals surface area contributed by atoms with Crippen LogP contribution in [0.1, 0.15) is 13.8 Å². The highest BCUT2D eigenvalue weighted by atomic mass is 32.2. The molecule has 2 aliphatic rings. The number of carbonyl (C=O) groups excluding carboxylic acids is 4. The number of ether oxygens (including phenoxy) is 4. The van der Waals surface area contributed by atoms with Crippen LogP contribution in [0.4, 0.5) is 0 Å². The molecule has 150 valence electrons. The zero-order chi connectivity index (χ0) is 20.4. The molecule has 1 unspecified atom stereocenters. The number of rotatable bonds is 7. The molecule has 0 N–H and O–H groups in total. The molecule has 0 spiro atoms. The zero-order valence-electron chi connectivity index (χ0n) is 14.9. The van der Waals surface area contributed by atoms with E-state index in [1.54, 1.807) is 6.92 Å². The smallest absolute Gasteiger partial charge is 0.355 e. The van der Waals surface area contributed by atoms with Crippen LogP contribution in [0.3, 0.4) is 0 Å². The van der Waals surface area contributed by atoms with Crippen LogP contribution in [-0.4, -0.2) is 81.3 Å². The Labute approximate surface area is 155 Å². The van der Waals surface area contributed by atoms with E-state index in [-0.39, 0.29) is 17.9 Å². The van der Waals surface area contributed by atoms with E-state index < -0.39 is 64.1 Å². The fourth-order valence-electron chi connectivity index (χ4n) is 2.75. The number of amides is 1. The standard InChI is InChI=1S/C15H19NO10S/c1-4-24-10(18)6-26-15(20)11-9(5-25-8(2)17)7-27(21,22)14-12(23-3)13(19)16(11)14/h12,14H,4-7H2,1-3H3/t12-,14?/m0/s1. The maximum atomic E-state index is 12.5. The van der Waals surface area contributed by atoms with E-state index in [4.69, 9.17) is 14.2 Å². The molecule has 11 nitrogen and oxygen atoms in total. The minimum absolute atomic E-state index is 0.0806. The Bertz CT molecular complexity index is 799. The van der Waals surface area contributed by atoms with Gasteiger partial charge in [-0.1, -0.05) is 0 Å². The van der Waals surface area contributed by atoms with Gasteiger partial charge in [-0.3, -0.25) is 14.5 Å². The number of hydrogen-bond donors (Lipinski definition) is 0. The van der Waals surface area contributed by atoms with Gasteiger partial charge in [0.15, 0.2) is 27.9 Å². The molecule has 2 rings (SSSR count). The van der Waals surface area contributed by atoms with Crippen molar-refractivity contribution in [2.45, 2.75) is 25.3 Å². The highest BCUT2D eigenvalue weighted by Gasteiger charge is 2.60. The van der Waals surface area contributed by atoms with Crippen molar-refractivity contribution in [1.29, 1.82) is 0 Å². The molecular weight excluding hydrogens is 386 g/mol. The molecule has 1 amide bonds. The summed E-state index contributed by atoms with van der Waals surface area (Å²) in [6.45, 7) is 1.52. The minimum atomic E-state index is -3.89. The second-order valence-corrected chi connectivity index (χ2v) is 7.77. The lowest BCUT2D eigenvalue weighted by atomic mass is 10.1. The lowest BCUT2D eigenvalue weighted by Gasteiger charge is -2.48. The molecule has 2 aliphatic heterocycles. The number of sulfone groups is 1. The zero-order valence-corrected chi connectivity index (χ0v) is 15.7. The Morgan fingerprint density at radius 2 is 1.85 bits per heavy atom. The SMILES string of the molecule is CCOC(=O)COC(=O)C1=C(COC(C)=O)CS(=O)(=O)C2[C@@H](OC)C(=O)N12. The van der Waals surface area contributed by atoms with Crippen LogP contribution in [0.2, 0.25) is 0 Å². The van der Waals surface area contributed by atoms with Gasteiger partial charge in [-0.2, -0.15) is 0 Å². The maximum absolute atomic E-state index is 12.5. The van der Waals surface area contributed by atoms with E-state index in [1.165, 1.54) is 7.11 Å². The first-order chi connectivity index (χ1) is 12.6. The Hall–Kier alpha value is -2.47. The fourth-order valence-corrected chi connectivity index (χ4v) is 4.76. The van der Waals surface area contributed by atoms with Crippen LogP contribution < -0.4 is 0 Å². The van der Waals surface area contributed by atoms with E-state index in [2.05, 4.69) is 4.74 Å². The normalized spacial score (nSPS) is 23.2. The van der Waals surface area contributed by atoms with Gasteiger partial charge in [0.1, 0.15) is 12.3 Å². The van der Waals surface area contributed by atoms with Gasteiger partial charge in [0, 0.05) is 19.6 Å². The summed E-state index contributed by atoms with van der Waals surface area (Å²) in [6, 6.07) is 0. The number of hydrogen-bond acceptors (Lipinski definition) is 10. The number of esters is 3. The largest absolute Gasteiger partial charge is 0.463 e. The third-order valence-electron chi connectivity index (χ3n) is 3.84. The highest BCUT2D eigenvalue weighted by Crippen LogP contribution is 2.38. The molecule has 0 aromatic carbocycles. The van der Waals surface area contributed by atoms with E-state index in [9.17, 15) is 27.6 Å². The maximum Gasteiger partial charge on any atom is 0.355 e. The highest BCUT2D eigenvalue weighted by molar-refractivity contribution is 7.92. The lowest BCUT2D eigenvalue weighted by molar-refractivity contribution is -0.166. The van der Waals surface area contributed by atoms with Gasteiger partial charge in [0.25, 0.3) is 5.91 Å². The Morgan fingerprint density at radius 1 is 1.19 bits per heavy atom. The molecule has 2 atom stereocenters. The van der Waals surface area contributed by atoms with Crippen molar-refractivity contribution < 1.29 is 46.5 Å². The summed E-state index contributed by atoms with van der Waals surface area (Å²) in [5, 5.41) is -1.39. The van der Waals surface area contributed by atoms with E-state index >= 15 is 0 Å². The molecule has 0 bridgehead atoms. The van der Waals surface area contributed by atoms with Crippen molar-refractivity contribution in [3.8, 4) is 0 Å². The van der Waals surface area contributed by atoms with Crippen molar-refractivity contribution in [3.63, 3.8) is 0 Å². The molecule has 0 aromatic rings. The molecule has 1 saturated heterocycles. The van der Waals surface area contributed by atoms with Crippen LogP contribution in [0.15, 0.2) is 11.3 Å². The molecular formula is C15H19NO10S. The summed E-state index contributed by atoms with van der Waals surface area (Å²) in [4.78, 5) is 47.9. The molecule has 0 aliphatic carbocycles. The molecule has 1 fully saturated rings. The van der Waals surface area contributed by atoms with E-state index in [0.29, 0.717) is 0 Å². The second-order valence-electron chi connectivity index (χ2n) is 5.68. The van der Waals surface area contributed by atoms with Gasteiger partial charge in [-0.15, -0.1) is 0 Å². The first kappa shape index (κ1) is 20.8. The predicted octanol–water partition coefficient (Wildman–Crippen LogP) is -1.48. The number of β-lactam (4-membered cyclic amide) rings is 1. The Morgan fingerprint density at radius 3 is 2.41 bits per heavy atom. The first-order valence-electron chi connectivity index (χ1n) is 7.89. The fraction of sp³-hybridized carbons (Fsp3) is 0.600. The number of fused-ring (bicyclic) bond motifs is 1. The predicted molar refractivity (Wildman–Crippen MR) is 86.5 cm³/mol. The summed E-state index contributed by atoms with van der Waals surface area (Å²) < 4.78 is 44.1. The number of carbonyl (C=O) groups is 4. The minimum Gasteiger partial charge on any atom is -0.463 e.